The molecule has 1 unspecified atom stereocenters. The van der Waals surface area contributed by atoms with Crippen LogP contribution in [0.5, 0.6) is 0 Å². The van der Waals surface area contributed by atoms with Gasteiger partial charge in [-0.25, -0.2) is 0 Å². The molecule has 1 aliphatic rings. The van der Waals surface area contributed by atoms with Crippen molar-refractivity contribution in [3.8, 4) is 0 Å². The predicted molar refractivity (Wildman–Crippen MR) is 93.0 cm³/mol. The first kappa shape index (κ1) is 18.8. The molecule has 128 valence electrons. The summed E-state index contributed by atoms with van der Waals surface area (Å²) in [6, 6.07) is 0.195. The van der Waals surface area contributed by atoms with Crippen LogP contribution in [0.3, 0.4) is 0 Å². The Morgan fingerprint density at radius 2 is 2.05 bits per heavy atom. The molecule has 5 nitrogen and oxygen atoms in total. The molecule has 22 heavy (non-hydrogen) atoms. The summed E-state index contributed by atoms with van der Waals surface area (Å²) >= 11 is 0. The summed E-state index contributed by atoms with van der Waals surface area (Å²) in [5.74, 6) is 2.57. The zero-order valence-corrected chi connectivity index (χ0v) is 15.0. The summed E-state index contributed by atoms with van der Waals surface area (Å²) in [6.07, 6.45) is 2.99. The maximum absolute atomic E-state index is 11.7. The van der Waals surface area contributed by atoms with E-state index in [0.29, 0.717) is 13.0 Å². The van der Waals surface area contributed by atoms with E-state index in [1.165, 1.54) is 12.8 Å². The third-order valence-electron chi connectivity index (χ3n) is 3.78. The van der Waals surface area contributed by atoms with Crippen molar-refractivity contribution in [2.75, 3.05) is 26.2 Å². The minimum absolute atomic E-state index is 0.0775. The first-order valence-electron chi connectivity index (χ1n) is 8.75. The molecule has 1 aliphatic heterocycles. The van der Waals surface area contributed by atoms with Gasteiger partial charge in [-0.15, -0.1) is 0 Å². The second kappa shape index (κ2) is 9.70. The van der Waals surface area contributed by atoms with Gasteiger partial charge < -0.3 is 15.5 Å². The minimum atomic E-state index is 0.0775. The number of guanidine groups is 1. The third kappa shape index (κ3) is 7.14. The highest BCUT2D eigenvalue weighted by Crippen LogP contribution is 2.23. The quantitative estimate of drug-likeness (QED) is 0.560. The third-order valence-corrected chi connectivity index (χ3v) is 3.78. The molecule has 0 aromatic carbocycles. The second-order valence-corrected chi connectivity index (χ2v) is 6.94. The molecular formula is C17H34N4O. The fraction of sp³-hybridized carbons (Fsp3) is 0.882. The lowest BCUT2D eigenvalue weighted by molar-refractivity contribution is -0.121. The molecule has 1 fully saturated rings. The predicted octanol–water partition coefficient (Wildman–Crippen LogP) is 2.23. The Morgan fingerprint density at radius 3 is 2.64 bits per heavy atom. The van der Waals surface area contributed by atoms with Crippen molar-refractivity contribution in [3.05, 3.63) is 0 Å². The Morgan fingerprint density at radius 1 is 1.32 bits per heavy atom. The first-order valence-corrected chi connectivity index (χ1v) is 8.75. The largest absolute Gasteiger partial charge is 0.357 e. The number of rotatable bonds is 7. The van der Waals surface area contributed by atoms with E-state index in [1.807, 2.05) is 13.8 Å². The van der Waals surface area contributed by atoms with E-state index < -0.39 is 0 Å². The highest BCUT2D eigenvalue weighted by molar-refractivity contribution is 5.81. The summed E-state index contributed by atoms with van der Waals surface area (Å²) in [7, 11) is 0. The molecule has 0 aromatic heterocycles. The number of carbonyl (C=O) groups is 1. The van der Waals surface area contributed by atoms with Crippen molar-refractivity contribution in [2.45, 2.75) is 59.9 Å². The van der Waals surface area contributed by atoms with Gasteiger partial charge in [0, 0.05) is 32.1 Å². The average Bonchev–Trinajstić information content (AvgIpc) is 2.84. The van der Waals surface area contributed by atoms with Crippen LogP contribution in [-0.2, 0) is 4.79 Å². The zero-order chi connectivity index (χ0) is 16.5. The van der Waals surface area contributed by atoms with Crippen LogP contribution in [0.15, 0.2) is 4.99 Å². The highest BCUT2D eigenvalue weighted by atomic mass is 16.1. The Kier molecular flexibility index (Phi) is 8.28. The van der Waals surface area contributed by atoms with Crippen LogP contribution < -0.4 is 10.6 Å². The van der Waals surface area contributed by atoms with E-state index >= 15 is 0 Å². The average molecular weight is 310 g/mol. The maximum Gasteiger partial charge on any atom is 0.222 e. The molecule has 1 rings (SSSR count). The van der Waals surface area contributed by atoms with Crippen molar-refractivity contribution in [3.63, 3.8) is 0 Å². The van der Waals surface area contributed by atoms with Crippen LogP contribution in [0.2, 0.25) is 0 Å². The van der Waals surface area contributed by atoms with Gasteiger partial charge in [-0.3, -0.25) is 9.79 Å². The molecule has 1 amide bonds. The maximum atomic E-state index is 11.7. The summed E-state index contributed by atoms with van der Waals surface area (Å²) in [5.41, 5.74) is 0. The number of nitrogens with one attached hydrogen (secondary N) is 2. The van der Waals surface area contributed by atoms with Crippen LogP contribution in [0.25, 0.3) is 0 Å². The van der Waals surface area contributed by atoms with E-state index in [2.05, 4.69) is 41.3 Å². The smallest absolute Gasteiger partial charge is 0.222 e. The van der Waals surface area contributed by atoms with Gasteiger partial charge in [-0.05, 0) is 45.4 Å². The van der Waals surface area contributed by atoms with Crippen molar-refractivity contribution < 1.29 is 4.79 Å². The van der Waals surface area contributed by atoms with E-state index in [1.54, 1.807) is 0 Å². The Hall–Kier alpha value is -1.26. The van der Waals surface area contributed by atoms with Crippen LogP contribution in [-0.4, -0.2) is 49.0 Å². The van der Waals surface area contributed by atoms with Crippen LogP contribution in [0.4, 0.5) is 0 Å². The molecule has 0 saturated carbocycles. The van der Waals surface area contributed by atoms with Gasteiger partial charge in [-0.2, -0.15) is 0 Å². The van der Waals surface area contributed by atoms with Gasteiger partial charge in [0.2, 0.25) is 5.91 Å². The van der Waals surface area contributed by atoms with Crippen LogP contribution >= 0.6 is 0 Å². The van der Waals surface area contributed by atoms with Gasteiger partial charge in [0.15, 0.2) is 5.96 Å². The topological polar surface area (TPSA) is 56.7 Å². The summed E-state index contributed by atoms with van der Waals surface area (Å²) < 4.78 is 0. The van der Waals surface area contributed by atoms with Gasteiger partial charge in [-0.1, -0.05) is 13.8 Å². The lowest BCUT2D eigenvalue weighted by atomic mass is 9.97. The van der Waals surface area contributed by atoms with E-state index in [-0.39, 0.29) is 11.9 Å². The lowest BCUT2D eigenvalue weighted by Gasteiger charge is -2.22. The van der Waals surface area contributed by atoms with Crippen molar-refractivity contribution >= 4 is 11.9 Å². The first-order chi connectivity index (χ1) is 10.4. The summed E-state index contributed by atoms with van der Waals surface area (Å²) in [4.78, 5) is 18.6. The normalized spacial score (nSPS) is 19.1. The van der Waals surface area contributed by atoms with Gasteiger partial charge >= 0.3 is 0 Å². The molecule has 1 heterocycles. The number of nitrogens with zero attached hydrogens (tertiary/aromatic N) is 2. The number of amides is 1. The number of carbonyl (C=O) groups excluding carboxylic acids is 1. The standard InChI is InChI=1S/C17H34N4O/c1-6-18-17(19-9-7-16(22)20-14(4)5)21-10-8-15(12-21)11-13(2)3/h13-15H,6-12H2,1-5H3,(H,18,19)(H,20,22). The fourth-order valence-electron chi connectivity index (χ4n) is 2.97. The van der Waals surface area contributed by atoms with E-state index in [9.17, 15) is 4.79 Å². The van der Waals surface area contributed by atoms with Crippen molar-refractivity contribution in [2.24, 2.45) is 16.8 Å². The Balaban J connectivity index is 2.47. The monoisotopic (exact) mass is 310 g/mol. The van der Waals surface area contributed by atoms with Crippen LogP contribution in [0.1, 0.15) is 53.9 Å². The second-order valence-electron chi connectivity index (χ2n) is 6.94. The minimum Gasteiger partial charge on any atom is -0.357 e. The van der Waals surface area contributed by atoms with E-state index in [0.717, 1.165) is 37.4 Å². The zero-order valence-electron chi connectivity index (χ0n) is 15.0. The fourth-order valence-corrected chi connectivity index (χ4v) is 2.97. The molecule has 1 atom stereocenters. The molecule has 1 saturated heterocycles. The molecule has 0 aliphatic carbocycles. The number of hydrogen-bond donors (Lipinski definition) is 2. The Labute approximate surface area is 135 Å². The summed E-state index contributed by atoms with van der Waals surface area (Å²) in [5, 5.41) is 6.26. The van der Waals surface area contributed by atoms with Crippen LogP contribution in [0, 0.1) is 11.8 Å². The van der Waals surface area contributed by atoms with Gasteiger partial charge in [0.1, 0.15) is 0 Å². The SMILES string of the molecule is CCNC(=NCCC(=O)NC(C)C)N1CCC(CC(C)C)C1. The molecular weight excluding hydrogens is 276 g/mol. The molecule has 0 radical (unpaired) electrons. The number of hydrogen-bond acceptors (Lipinski definition) is 2. The Bertz CT molecular complexity index is 366. The van der Waals surface area contributed by atoms with Gasteiger partial charge in [0.05, 0.1) is 6.54 Å². The molecule has 0 bridgehead atoms. The molecule has 2 N–H and O–H groups in total. The number of aliphatic imine (C=N–C) groups is 1. The lowest BCUT2D eigenvalue weighted by Crippen LogP contribution is -2.40. The highest BCUT2D eigenvalue weighted by Gasteiger charge is 2.25. The number of likely N-dealkylation sites (tertiary alicyclic amines) is 1. The van der Waals surface area contributed by atoms with E-state index in [4.69, 9.17) is 0 Å². The summed E-state index contributed by atoms with van der Waals surface area (Å²) in [6.45, 7) is 14.2. The van der Waals surface area contributed by atoms with Crippen molar-refractivity contribution in [1.82, 2.24) is 15.5 Å². The molecule has 0 spiro atoms. The van der Waals surface area contributed by atoms with Crippen molar-refractivity contribution in [1.29, 1.82) is 0 Å². The molecule has 0 aromatic rings. The van der Waals surface area contributed by atoms with Gasteiger partial charge in [0.25, 0.3) is 0 Å². The molecule has 5 heteroatoms.